The molecule has 24 heavy (non-hydrogen) atoms. The maximum absolute atomic E-state index is 12.6. The molecule has 5 heteroatoms. The Morgan fingerprint density at radius 2 is 1.75 bits per heavy atom. The summed E-state index contributed by atoms with van der Waals surface area (Å²) in [5.74, 6) is 3.66. The van der Waals surface area contributed by atoms with Crippen molar-refractivity contribution in [2.75, 3.05) is 6.61 Å². The normalized spacial score (nSPS) is 30.6. The second-order valence-corrected chi connectivity index (χ2v) is 6.87. The van der Waals surface area contributed by atoms with Gasteiger partial charge in [0.15, 0.2) is 17.7 Å². The van der Waals surface area contributed by atoms with Gasteiger partial charge in [-0.1, -0.05) is 24.1 Å². The van der Waals surface area contributed by atoms with Crippen molar-refractivity contribution in [1.82, 2.24) is 0 Å². The highest BCUT2D eigenvalue weighted by Crippen LogP contribution is 2.35. The lowest BCUT2D eigenvalue weighted by Gasteiger charge is -2.22. The summed E-state index contributed by atoms with van der Waals surface area (Å²) in [5, 5.41) is 0. The van der Waals surface area contributed by atoms with Gasteiger partial charge in [-0.3, -0.25) is 4.79 Å². The Balaban J connectivity index is 1.77. The molecule has 2 heterocycles. The second-order valence-electron chi connectivity index (χ2n) is 6.87. The van der Waals surface area contributed by atoms with E-state index in [2.05, 4.69) is 11.8 Å². The van der Waals surface area contributed by atoms with Gasteiger partial charge in [0.05, 0.1) is 6.61 Å². The summed E-state index contributed by atoms with van der Waals surface area (Å²) in [6.45, 7) is 7.57. The second kappa shape index (κ2) is 6.30. The molecule has 0 saturated carbocycles. The molecule has 0 aliphatic carbocycles. The summed E-state index contributed by atoms with van der Waals surface area (Å²) in [7, 11) is 0. The summed E-state index contributed by atoms with van der Waals surface area (Å²) in [4.78, 5) is 12.6. The van der Waals surface area contributed by atoms with E-state index in [-0.39, 0.29) is 11.9 Å². The minimum Gasteiger partial charge on any atom is -0.348 e. The van der Waals surface area contributed by atoms with Gasteiger partial charge in [-0.2, -0.15) is 0 Å². The third kappa shape index (κ3) is 3.85. The van der Waals surface area contributed by atoms with Gasteiger partial charge in [-0.25, -0.2) is 0 Å². The fourth-order valence-corrected chi connectivity index (χ4v) is 2.87. The molecule has 1 aromatic rings. The Hall–Kier alpha value is -1.71. The van der Waals surface area contributed by atoms with Crippen molar-refractivity contribution in [2.24, 2.45) is 0 Å². The summed E-state index contributed by atoms with van der Waals surface area (Å²) in [6, 6.07) is 9.36. The van der Waals surface area contributed by atoms with Crippen LogP contribution in [0.25, 0.3) is 0 Å². The van der Waals surface area contributed by atoms with Crippen LogP contribution in [0.2, 0.25) is 0 Å². The Labute approximate surface area is 142 Å². The Morgan fingerprint density at radius 3 is 2.38 bits per heavy atom. The molecule has 3 atom stereocenters. The van der Waals surface area contributed by atoms with Crippen molar-refractivity contribution in [3.63, 3.8) is 0 Å². The fraction of sp³-hybridized carbons (Fsp3) is 0.526. The van der Waals surface area contributed by atoms with Crippen LogP contribution in [-0.4, -0.2) is 42.3 Å². The lowest BCUT2D eigenvalue weighted by atomic mass is 10.0. The lowest BCUT2D eigenvalue weighted by molar-refractivity contribution is -0.174. The molecule has 5 nitrogen and oxygen atoms in total. The molecule has 2 saturated heterocycles. The standard InChI is InChI=1S/C19H22O5/c1-18(2)21-12-15(22-18)17-16(23-19(3,4)24-17)14(20)11-10-13-8-6-5-7-9-13/h5-9,15-17H,12H2,1-4H3/t15-,16+,17+/m1/s1. The first kappa shape index (κ1) is 17.1. The Bertz CT molecular complexity index is 668. The zero-order valence-electron chi connectivity index (χ0n) is 14.4. The molecule has 1 aromatic carbocycles. The smallest absolute Gasteiger partial charge is 0.237 e. The monoisotopic (exact) mass is 330 g/mol. The number of carbonyl (C=O) groups excluding carboxylic acids is 1. The number of ketones is 1. The van der Waals surface area contributed by atoms with E-state index >= 15 is 0 Å². The van der Waals surface area contributed by atoms with E-state index in [4.69, 9.17) is 18.9 Å². The molecule has 0 amide bonds. The first-order valence-electron chi connectivity index (χ1n) is 8.04. The molecule has 2 fully saturated rings. The first-order chi connectivity index (χ1) is 11.3. The van der Waals surface area contributed by atoms with E-state index in [1.54, 1.807) is 13.8 Å². The molecule has 2 aliphatic heterocycles. The highest BCUT2D eigenvalue weighted by molar-refractivity contribution is 6.00. The quantitative estimate of drug-likeness (QED) is 0.779. The van der Waals surface area contributed by atoms with Crippen molar-refractivity contribution in [2.45, 2.75) is 57.6 Å². The van der Waals surface area contributed by atoms with Crippen LogP contribution in [0.15, 0.2) is 30.3 Å². The van der Waals surface area contributed by atoms with Crippen molar-refractivity contribution >= 4 is 5.78 Å². The maximum Gasteiger partial charge on any atom is 0.237 e. The van der Waals surface area contributed by atoms with E-state index in [1.807, 2.05) is 44.2 Å². The fourth-order valence-electron chi connectivity index (χ4n) is 2.87. The van der Waals surface area contributed by atoms with Crippen molar-refractivity contribution in [1.29, 1.82) is 0 Å². The van der Waals surface area contributed by atoms with E-state index in [0.717, 1.165) is 5.56 Å². The number of benzene rings is 1. The summed E-state index contributed by atoms with van der Waals surface area (Å²) < 4.78 is 23.1. The predicted octanol–water partition coefficient (Wildman–Crippen LogP) is 2.28. The molecular weight excluding hydrogens is 308 g/mol. The van der Waals surface area contributed by atoms with Crippen LogP contribution in [0.5, 0.6) is 0 Å². The number of hydrogen-bond donors (Lipinski definition) is 0. The largest absolute Gasteiger partial charge is 0.348 e. The maximum atomic E-state index is 12.6. The van der Waals surface area contributed by atoms with E-state index < -0.39 is 23.8 Å². The van der Waals surface area contributed by atoms with Gasteiger partial charge < -0.3 is 18.9 Å². The van der Waals surface area contributed by atoms with E-state index in [0.29, 0.717) is 6.61 Å². The van der Waals surface area contributed by atoms with Crippen LogP contribution in [0.4, 0.5) is 0 Å². The zero-order valence-corrected chi connectivity index (χ0v) is 14.4. The van der Waals surface area contributed by atoms with Gasteiger partial charge in [-0.05, 0) is 45.7 Å². The first-order valence-corrected chi connectivity index (χ1v) is 8.04. The topological polar surface area (TPSA) is 54.0 Å². The molecule has 0 N–H and O–H groups in total. The molecule has 0 spiro atoms. The number of hydrogen-bond acceptors (Lipinski definition) is 5. The van der Waals surface area contributed by atoms with Gasteiger partial charge >= 0.3 is 0 Å². The minimum atomic E-state index is -0.866. The highest BCUT2D eigenvalue weighted by Gasteiger charge is 2.52. The minimum absolute atomic E-state index is 0.317. The van der Waals surface area contributed by atoms with Crippen molar-refractivity contribution < 1.29 is 23.7 Å². The molecule has 0 unspecified atom stereocenters. The van der Waals surface area contributed by atoms with Crippen LogP contribution in [-0.2, 0) is 23.7 Å². The number of Topliss-reactive ketones (excluding diaryl/α,β-unsaturated/α-hetero) is 1. The summed E-state index contributed by atoms with van der Waals surface area (Å²) in [6.07, 6.45) is -1.70. The van der Waals surface area contributed by atoms with E-state index in [1.165, 1.54) is 0 Å². The Kier molecular flexibility index (Phi) is 4.50. The molecule has 0 aromatic heterocycles. The van der Waals surface area contributed by atoms with Crippen LogP contribution in [0.1, 0.15) is 33.3 Å². The number of ether oxygens (including phenoxy) is 4. The van der Waals surface area contributed by atoms with Gasteiger partial charge in [0.25, 0.3) is 0 Å². The van der Waals surface area contributed by atoms with Crippen molar-refractivity contribution in [3.8, 4) is 11.8 Å². The molecule has 0 radical (unpaired) electrons. The summed E-state index contributed by atoms with van der Waals surface area (Å²) >= 11 is 0. The molecule has 2 aliphatic rings. The van der Waals surface area contributed by atoms with Crippen LogP contribution >= 0.6 is 0 Å². The van der Waals surface area contributed by atoms with Gasteiger partial charge in [0, 0.05) is 5.56 Å². The average Bonchev–Trinajstić information content (AvgIpc) is 3.05. The van der Waals surface area contributed by atoms with Crippen molar-refractivity contribution in [3.05, 3.63) is 35.9 Å². The SMILES string of the molecule is CC1(C)OC[C@H]([C@@H]2OC(C)(C)O[C@H]2C(=O)C#Cc2ccccc2)O1. The number of carbonyl (C=O) groups is 1. The predicted molar refractivity (Wildman–Crippen MR) is 87.1 cm³/mol. The lowest BCUT2D eigenvalue weighted by Crippen LogP contribution is -2.41. The Morgan fingerprint density at radius 1 is 1.04 bits per heavy atom. The average molecular weight is 330 g/mol. The van der Waals surface area contributed by atoms with Gasteiger partial charge in [-0.15, -0.1) is 0 Å². The molecular formula is C19H22O5. The molecule has 3 rings (SSSR count). The third-order valence-corrected chi connectivity index (χ3v) is 3.89. The van der Waals surface area contributed by atoms with Gasteiger partial charge in [0.1, 0.15) is 12.2 Å². The highest BCUT2D eigenvalue weighted by atomic mass is 16.8. The third-order valence-electron chi connectivity index (χ3n) is 3.89. The molecule has 128 valence electrons. The van der Waals surface area contributed by atoms with Crippen LogP contribution in [0.3, 0.4) is 0 Å². The van der Waals surface area contributed by atoms with Gasteiger partial charge in [0.2, 0.25) is 5.78 Å². The zero-order chi connectivity index (χ0) is 17.4. The van der Waals surface area contributed by atoms with Crippen LogP contribution in [0, 0.1) is 11.8 Å². The summed E-state index contributed by atoms with van der Waals surface area (Å²) in [5.41, 5.74) is 0.780. The molecule has 0 bridgehead atoms. The van der Waals surface area contributed by atoms with Crippen LogP contribution < -0.4 is 0 Å². The number of rotatable bonds is 2. The van der Waals surface area contributed by atoms with E-state index in [9.17, 15) is 4.79 Å².